The molecule has 20 heavy (non-hydrogen) atoms. The molecule has 114 valence electrons. The van der Waals surface area contributed by atoms with Gasteiger partial charge in [-0.2, -0.15) is 8.78 Å². The molecule has 0 saturated heterocycles. The van der Waals surface area contributed by atoms with Gasteiger partial charge in [-0.1, -0.05) is 32.9 Å². The number of aliphatic hydroxyl groups is 1. The Balaban J connectivity index is 3.42. The zero-order chi connectivity index (χ0) is 15.5. The van der Waals surface area contributed by atoms with Crippen molar-refractivity contribution in [3.63, 3.8) is 0 Å². The van der Waals surface area contributed by atoms with Gasteiger partial charge in [-0.3, -0.25) is 0 Å². The Kier molecular flexibility index (Phi) is 5.57. The average Bonchev–Trinajstić information content (AvgIpc) is 2.44. The number of hydrogen-bond donors (Lipinski definition) is 1. The summed E-state index contributed by atoms with van der Waals surface area (Å²) < 4.78 is 51.8. The molecular formula is C15H20F4O. The Morgan fingerprint density at radius 2 is 1.45 bits per heavy atom. The van der Waals surface area contributed by atoms with Crippen LogP contribution in [0.25, 0.3) is 0 Å². The summed E-state index contributed by atoms with van der Waals surface area (Å²) in [7, 11) is 0. The highest BCUT2D eigenvalue weighted by Crippen LogP contribution is 2.40. The topological polar surface area (TPSA) is 20.2 Å². The molecule has 1 aromatic carbocycles. The number of aliphatic hydroxyl groups excluding tert-OH is 1. The molecule has 0 heterocycles. The van der Waals surface area contributed by atoms with Crippen LogP contribution in [0, 0.1) is 0 Å². The van der Waals surface area contributed by atoms with E-state index in [2.05, 4.69) is 0 Å². The first-order valence-corrected chi connectivity index (χ1v) is 6.78. The van der Waals surface area contributed by atoms with Gasteiger partial charge in [-0.25, -0.2) is 8.78 Å². The van der Waals surface area contributed by atoms with E-state index in [9.17, 15) is 22.7 Å². The first-order valence-electron chi connectivity index (χ1n) is 6.78. The zero-order valence-electron chi connectivity index (χ0n) is 11.9. The first-order chi connectivity index (χ1) is 9.29. The third kappa shape index (κ3) is 3.14. The third-order valence-electron chi connectivity index (χ3n) is 3.51. The lowest BCUT2D eigenvalue weighted by Crippen LogP contribution is -2.35. The van der Waals surface area contributed by atoms with Crippen molar-refractivity contribution in [2.75, 3.05) is 0 Å². The van der Waals surface area contributed by atoms with Gasteiger partial charge in [0.25, 0.3) is 0 Å². The van der Waals surface area contributed by atoms with Gasteiger partial charge < -0.3 is 5.11 Å². The van der Waals surface area contributed by atoms with Crippen LogP contribution in [-0.2, 0) is 19.3 Å². The number of hydrogen-bond acceptors (Lipinski definition) is 1. The van der Waals surface area contributed by atoms with Gasteiger partial charge >= 0.3 is 12.3 Å². The second-order valence-corrected chi connectivity index (χ2v) is 4.77. The van der Waals surface area contributed by atoms with E-state index in [1.807, 2.05) is 6.92 Å². The van der Waals surface area contributed by atoms with E-state index in [-0.39, 0.29) is 5.56 Å². The van der Waals surface area contributed by atoms with E-state index in [0.717, 1.165) is 12.0 Å². The van der Waals surface area contributed by atoms with Crippen LogP contribution in [0.1, 0.15) is 49.1 Å². The van der Waals surface area contributed by atoms with Crippen molar-refractivity contribution in [1.82, 2.24) is 0 Å². The van der Waals surface area contributed by atoms with Crippen LogP contribution in [0.15, 0.2) is 12.1 Å². The predicted molar refractivity (Wildman–Crippen MR) is 70.5 cm³/mol. The van der Waals surface area contributed by atoms with E-state index in [1.165, 1.54) is 0 Å². The maximum atomic E-state index is 13.4. The van der Waals surface area contributed by atoms with Crippen LogP contribution in [0.2, 0.25) is 0 Å². The molecule has 0 bridgehead atoms. The minimum absolute atomic E-state index is 0.0440. The minimum Gasteiger partial charge on any atom is -0.382 e. The largest absolute Gasteiger partial charge is 0.382 e. The summed E-state index contributed by atoms with van der Waals surface area (Å²) >= 11 is 0. The van der Waals surface area contributed by atoms with Gasteiger partial charge in [0.1, 0.15) is 6.10 Å². The summed E-state index contributed by atoms with van der Waals surface area (Å²) in [5, 5.41) is 9.78. The summed E-state index contributed by atoms with van der Waals surface area (Å²) in [6.07, 6.45) is -4.82. The minimum atomic E-state index is -4.44. The molecule has 5 heteroatoms. The van der Waals surface area contributed by atoms with Crippen LogP contribution in [0.5, 0.6) is 0 Å². The third-order valence-corrected chi connectivity index (χ3v) is 3.51. The Morgan fingerprint density at radius 3 is 1.75 bits per heavy atom. The number of halogens is 4. The second kappa shape index (κ2) is 6.57. The molecule has 1 unspecified atom stereocenters. The van der Waals surface area contributed by atoms with Gasteiger partial charge in [-0.05, 0) is 41.5 Å². The van der Waals surface area contributed by atoms with Crippen molar-refractivity contribution in [3.8, 4) is 0 Å². The van der Waals surface area contributed by atoms with Crippen molar-refractivity contribution in [2.45, 2.75) is 58.5 Å². The molecule has 0 aliphatic rings. The SMILES string of the molecule is CCc1cc(CC)c(C(O)C(F)(F)C(F)F)c(CC)c1. The lowest BCUT2D eigenvalue weighted by atomic mass is 9.88. The van der Waals surface area contributed by atoms with E-state index in [0.29, 0.717) is 24.0 Å². The Bertz CT molecular complexity index is 432. The summed E-state index contributed by atoms with van der Waals surface area (Å²) in [6, 6.07) is 3.42. The van der Waals surface area contributed by atoms with Crippen molar-refractivity contribution in [1.29, 1.82) is 0 Å². The summed E-state index contributed by atoms with van der Waals surface area (Å²) in [5.41, 5.74) is 1.93. The van der Waals surface area contributed by atoms with Gasteiger partial charge in [0, 0.05) is 0 Å². The van der Waals surface area contributed by atoms with Crippen LogP contribution in [0.3, 0.4) is 0 Å². The van der Waals surface area contributed by atoms with Gasteiger partial charge in [0.15, 0.2) is 0 Å². The molecule has 1 aromatic rings. The Hall–Kier alpha value is -1.10. The smallest absolute Gasteiger partial charge is 0.336 e. The Morgan fingerprint density at radius 1 is 1.00 bits per heavy atom. The highest BCUT2D eigenvalue weighted by molar-refractivity contribution is 5.42. The fraction of sp³-hybridized carbons (Fsp3) is 0.600. The standard InChI is InChI=1S/C15H20F4O/c1-4-9-7-10(5-2)12(11(6-3)8-9)13(20)15(18,19)14(16)17/h7-8,13-14,20H,4-6H2,1-3H3. The fourth-order valence-corrected chi connectivity index (χ4v) is 2.30. The molecular weight excluding hydrogens is 272 g/mol. The molecule has 0 aliphatic heterocycles. The maximum Gasteiger partial charge on any atom is 0.336 e. The van der Waals surface area contributed by atoms with Crippen molar-refractivity contribution < 1.29 is 22.7 Å². The molecule has 1 rings (SSSR count). The highest BCUT2D eigenvalue weighted by atomic mass is 19.3. The van der Waals surface area contributed by atoms with E-state index in [1.54, 1.807) is 26.0 Å². The highest BCUT2D eigenvalue weighted by Gasteiger charge is 2.49. The van der Waals surface area contributed by atoms with Crippen molar-refractivity contribution in [3.05, 3.63) is 34.4 Å². The van der Waals surface area contributed by atoms with Crippen molar-refractivity contribution in [2.24, 2.45) is 0 Å². The molecule has 1 atom stereocenters. The van der Waals surface area contributed by atoms with Gasteiger partial charge in [-0.15, -0.1) is 0 Å². The molecule has 1 N–H and O–H groups in total. The second-order valence-electron chi connectivity index (χ2n) is 4.77. The molecule has 0 spiro atoms. The number of benzene rings is 1. The molecule has 0 saturated carbocycles. The molecule has 0 fully saturated rings. The van der Waals surface area contributed by atoms with Crippen LogP contribution >= 0.6 is 0 Å². The molecule has 0 aliphatic carbocycles. The summed E-state index contributed by atoms with van der Waals surface area (Å²) in [6.45, 7) is 5.44. The Labute approximate surface area is 116 Å². The van der Waals surface area contributed by atoms with E-state index in [4.69, 9.17) is 0 Å². The lowest BCUT2D eigenvalue weighted by molar-refractivity contribution is -0.194. The van der Waals surface area contributed by atoms with E-state index < -0.39 is 18.5 Å². The average molecular weight is 292 g/mol. The maximum absolute atomic E-state index is 13.4. The van der Waals surface area contributed by atoms with E-state index >= 15 is 0 Å². The van der Waals surface area contributed by atoms with Crippen molar-refractivity contribution >= 4 is 0 Å². The van der Waals surface area contributed by atoms with Gasteiger partial charge in [0.05, 0.1) is 0 Å². The molecule has 1 nitrogen and oxygen atoms in total. The number of rotatable bonds is 6. The quantitative estimate of drug-likeness (QED) is 0.775. The fourth-order valence-electron chi connectivity index (χ4n) is 2.30. The number of aryl methyl sites for hydroxylation is 3. The van der Waals surface area contributed by atoms with Gasteiger partial charge in [0.2, 0.25) is 0 Å². The molecule has 0 amide bonds. The monoisotopic (exact) mass is 292 g/mol. The predicted octanol–water partition coefficient (Wildman–Crippen LogP) is 4.31. The van der Waals surface area contributed by atoms with Crippen LogP contribution in [0.4, 0.5) is 17.6 Å². The normalized spacial score (nSPS) is 13.8. The lowest BCUT2D eigenvalue weighted by Gasteiger charge is -2.26. The van der Waals surface area contributed by atoms with Crippen LogP contribution in [-0.4, -0.2) is 17.5 Å². The molecule has 0 aromatic heterocycles. The summed E-state index contributed by atoms with van der Waals surface area (Å²) in [5.74, 6) is -4.44. The summed E-state index contributed by atoms with van der Waals surface area (Å²) in [4.78, 5) is 0. The first kappa shape index (κ1) is 17.0. The van der Waals surface area contributed by atoms with Crippen LogP contribution < -0.4 is 0 Å². The molecule has 0 radical (unpaired) electrons. The number of alkyl halides is 4. The zero-order valence-corrected chi connectivity index (χ0v) is 11.9.